The lowest BCUT2D eigenvalue weighted by Gasteiger charge is -2.44. The van der Waals surface area contributed by atoms with Gasteiger partial charge >= 0.3 is 0 Å². The number of amides is 1. The Labute approximate surface area is 151 Å². The van der Waals surface area contributed by atoms with Gasteiger partial charge in [-0.1, -0.05) is 0 Å². The van der Waals surface area contributed by atoms with Crippen LogP contribution >= 0.6 is 11.3 Å². The van der Waals surface area contributed by atoms with Crippen LogP contribution in [0.1, 0.15) is 33.8 Å². The molecule has 2 aromatic heterocycles. The molecule has 0 bridgehead atoms. The highest BCUT2D eigenvalue weighted by molar-refractivity contribution is 7.10. The van der Waals surface area contributed by atoms with Crippen LogP contribution in [0.5, 0.6) is 0 Å². The van der Waals surface area contributed by atoms with Crippen molar-refractivity contribution in [3.05, 3.63) is 40.0 Å². The number of fused-ring (bicyclic) bond motifs is 2. The Morgan fingerprint density at radius 1 is 1.32 bits per heavy atom. The van der Waals surface area contributed by atoms with Crippen molar-refractivity contribution in [3.8, 4) is 0 Å². The van der Waals surface area contributed by atoms with Gasteiger partial charge < -0.3 is 14.5 Å². The quantitative estimate of drug-likeness (QED) is 0.824. The monoisotopic (exact) mass is 358 g/mol. The standard InChI is InChI=1S/C18H22N4O2S/c1-21(2)17(23)14-11-19-12-15(20-14)22-7-5-18(6-8-22)16-13(3-9-24-18)4-10-25-16/h4,10-12H,3,5-9H2,1-2H3. The molecule has 1 fully saturated rings. The van der Waals surface area contributed by atoms with Crippen molar-refractivity contribution in [2.75, 3.05) is 38.7 Å². The maximum atomic E-state index is 12.1. The smallest absolute Gasteiger partial charge is 0.273 e. The molecule has 0 aliphatic carbocycles. The average Bonchev–Trinajstić information content (AvgIpc) is 3.12. The van der Waals surface area contributed by atoms with E-state index in [1.54, 1.807) is 20.3 Å². The summed E-state index contributed by atoms with van der Waals surface area (Å²) in [6.07, 6.45) is 6.16. The van der Waals surface area contributed by atoms with Crippen LogP contribution in [-0.4, -0.2) is 54.6 Å². The molecule has 0 atom stereocenters. The summed E-state index contributed by atoms with van der Waals surface area (Å²) >= 11 is 1.82. The molecule has 2 aromatic rings. The van der Waals surface area contributed by atoms with Crippen LogP contribution in [0, 0.1) is 0 Å². The molecule has 4 rings (SSSR count). The fraction of sp³-hybridized carbons (Fsp3) is 0.500. The number of piperidine rings is 1. The van der Waals surface area contributed by atoms with Gasteiger partial charge in [-0.15, -0.1) is 11.3 Å². The van der Waals surface area contributed by atoms with Crippen molar-refractivity contribution in [3.63, 3.8) is 0 Å². The number of aromatic nitrogens is 2. The molecule has 1 amide bonds. The van der Waals surface area contributed by atoms with E-state index in [4.69, 9.17) is 4.74 Å². The molecule has 25 heavy (non-hydrogen) atoms. The van der Waals surface area contributed by atoms with E-state index < -0.39 is 0 Å². The van der Waals surface area contributed by atoms with Crippen molar-refractivity contribution in [1.82, 2.24) is 14.9 Å². The number of ether oxygens (including phenoxy) is 1. The summed E-state index contributed by atoms with van der Waals surface area (Å²) in [4.78, 5) is 26.0. The summed E-state index contributed by atoms with van der Waals surface area (Å²) in [5.74, 6) is 0.645. The Morgan fingerprint density at radius 2 is 2.12 bits per heavy atom. The molecule has 0 unspecified atom stereocenters. The van der Waals surface area contributed by atoms with E-state index in [1.807, 2.05) is 11.3 Å². The number of rotatable bonds is 2. The molecule has 0 aromatic carbocycles. The van der Waals surface area contributed by atoms with Crippen molar-refractivity contribution >= 4 is 23.1 Å². The first-order chi connectivity index (χ1) is 12.1. The maximum absolute atomic E-state index is 12.1. The summed E-state index contributed by atoms with van der Waals surface area (Å²) in [6, 6.07) is 2.23. The van der Waals surface area contributed by atoms with Gasteiger partial charge in [0.05, 0.1) is 19.0 Å². The molecule has 6 nitrogen and oxygen atoms in total. The lowest BCUT2D eigenvalue weighted by atomic mass is 9.85. The van der Waals surface area contributed by atoms with Crippen molar-refractivity contribution in [2.24, 2.45) is 0 Å². The minimum atomic E-state index is -0.136. The zero-order chi connectivity index (χ0) is 17.4. The molecule has 2 aliphatic rings. The SMILES string of the molecule is CN(C)C(=O)c1cncc(N2CCC3(CC2)OCCc2ccsc23)n1. The second-order valence-corrected chi connectivity index (χ2v) is 7.73. The van der Waals surface area contributed by atoms with Gasteiger partial charge in [0.2, 0.25) is 0 Å². The zero-order valence-corrected chi connectivity index (χ0v) is 15.4. The number of nitrogens with zero attached hydrogens (tertiary/aromatic N) is 4. The van der Waals surface area contributed by atoms with Gasteiger partial charge in [0, 0.05) is 32.1 Å². The first-order valence-electron chi connectivity index (χ1n) is 8.58. The predicted octanol–water partition coefficient (Wildman–Crippen LogP) is 2.31. The number of hydrogen-bond acceptors (Lipinski definition) is 6. The van der Waals surface area contributed by atoms with E-state index in [2.05, 4.69) is 26.3 Å². The molecule has 0 radical (unpaired) electrons. The number of carbonyl (C=O) groups is 1. The van der Waals surface area contributed by atoms with Gasteiger partial charge in [0.25, 0.3) is 5.91 Å². The third kappa shape index (κ3) is 2.91. The first kappa shape index (κ1) is 16.5. The van der Waals surface area contributed by atoms with Crippen LogP contribution in [0.4, 0.5) is 5.82 Å². The molecule has 132 valence electrons. The van der Waals surface area contributed by atoms with E-state index in [0.717, 1.165) is 44.8 Å². The van der Waals surface area contributed by atoms with Gasteiger partial charge in [-0.25, -0.2) is 4.98 Å². The molecule has 1 saturated heterocycles. The highest BCUT2D eigenvalue weighted by atomic mass is 32.1. The predicted molar refractivity (Wildman–Crippen MR) is 97.1 cm³/mol. The molecule has 2 aliphatic heterocycles. The highest BCUT2D eigenvalue weighted by Gasteiger charge is 2.42. The molecule has 7 heteroatoms. The van der Waals surface area contributed by atoms with Crippen LogP contribution in [0.2, 0.25) is 0 Å². The summed E-state index contributed by atoms with van der Waals surface area (Å²) in [5.41, 5.74) is 1.70. The summed E-state index contributed by atoms with van der Waals surface area (Å²) < 4.78 is 6.26. The Bertz CT molecular complexity index is 781. The van der Waals surface area contributed by atoms with E-state index in [1.165, 1.54) is 21.5 Å². The summed E-state index contributed by atoms with van der Waals surface area (Å²) in [6.45, 7) is 2.51. The number of anilines is 1. The summed E-state index contributed by atoms with van der Waals surface area (Å²) in [5, 5.41) is 2.18. The van der Waals surface area contributed by atoms with Gasteiger partial charge in [0.15, 0.2) is 0 Å². The second-order valence-electron chi connectivity index (χ2n) is 6.82. The minimum Gasteiger partial charge on any atom is -0.369 e. The minimum absolute atomic E-state index is 0.123. The maximum Gasteiger partial charge on any atom is 0.273 e. The normalized spacial score (nSPS) is 18.9. The molecular formula is C18H22N4O2S. The Balaban J connectivity index is 1.52. The van der Waals surface area contributed by atoms with Crippen LogP contribution in [0.15, 0.2) is 23.8 Å². The summed E-state index contributed by atoms with van der Waals surface area (Å²) in [7, 11) is 3.45. The molecule has 1 spiro atoms. The first-order valence-corrected chi connectivity index (χ1v) is 9.46. The van der Waals surface area contributed by atoms with Gasteiger partial charge in [-0.2, -0.15) is 0 Å². The Hall–Kier alpha value is -1.99. The van der Waals surface area contributed by atoms with Crippen LogP contribution < -0.4 is 4.90 Å². The Morgan fingerprint density at radius 3 is 2.88 bits per heavy atom. The Kier molecular flexibility index (Phi) is 4.21. The van der Waals surface area contributed by atoms with Crippen LogP contribution in [0.25, 0.3) is 0 Å². The van der Waals surface area contributed by atoms with E-state index in [-0.39, 0.29) is 11.5 Å². The number of hydrogen-bond donors (Lipinski definition) is 0. The van der Waals surface area contributed by atoms with Crippen molar-refractivity contribution in [1.29, 1.82) is 0 Å². The molecule has 4 heterocycles. The number of thiophene rings is 1. The molecule has 0 saturated carbocycles. The van der Waals surface area contributed by atoms with E-state index in [0.29, 0.717) is 5.69 Å². The lowest BCUT2D eigenvalue weighted by Crippen LogP contribution is -2.46. The van der Waals surface area contributed by atoms with Gasteiger partial charge in [-0.3, -0.25) is 9.78 Å². The van der Waals surface area contributed by atoms with Gasteiger partial charge in [0.1, 0.15) is 17.1 Å². The second kappa shape index (κ2) is 6.38. The molecule has 0 N–H and O–H groups in total. The van der Waals surface area contributed by atoms with E-state index >= 15 is 0 Å². The van der Waals surface area contributed by atoms with E-state index in [9.17, 15) is 4.79 Å². The third-order valence-electron chi connectivity index (χ3n) is 5.05. The topological polar surface area (TPSA) is 58.6 Å². The zero-order valence-electron chi connectivity index (χ0n) is 14.6. The van der Waals surface area contributed by atoms with Gasteiger partial charge in [-0.05, 0) is 36.3 Å². The third-order valence-corrected chi connectivity index (χ3v) is 6.19. The largest absolute Gasteiger partial charge is 0.369 e. The average molecular weight is 358 g/mol. The lowest BCUT2D eigenvalue weighted by molar-refractivity contribution is -0.0735. The van der Waals surface area contributed by atoms with Crippen LogP contribution in [-0.2, 0) is 16.8 Å². The fourth-order valence-electron chi connectivity index (χ4n) is 3.66. The molecular weight excluding hydrogens is 336 g/mol. The highest BCUT2D eigenvalue weighted by Crippen LogP contribution is 2.44. The number of carbonyl (C=O) groups excluding carboxylic acids is 1. The van der Waals surface area contributed by atoms with Crippen LogP contribution in [0.3, 0.4) is 0 Å². The van der Waals surface area contributed by atoms with Crippen molar-refractivity contribution < 1.29 is 9.53 Å². The van der Waals surface area contributed by atoms with Crippen molar-refractivity contribution in [2.45, 2.75) is 24.9 Å². The fourth-order valence-corrected chi connectivity index (χ4v) is 4.83.